The van der Waals surface area contributed by atoms with Gasteiger partial charge in [0, 0.05) is 49.9 Å². The Morgan fingerprint density at radius 1 is 0.362 bits per heavy atom. The van der Waals surface area contributed by atoms with Crippen LogP contribution in [0, 0.1) is 0 Å². The predicted molar refractivity (Wildman–Crippen MR) is 242 cm³/mol. The van der Waals surface area contributed by atoms with E-state index in [9.17, 15) is 0 Å². The summed E-state index contributed by atoms with van der Waals surface area (Å²) in [5, 5.41) is 7.09. The highest BCUT2D eigenvalue weighted by Crippen LogP contribution is 2.46. The SMILES string of the molecule is c1ccc(-c2cc(-c3ccccc3)nc(-c3ccc4c(c3)c3c5ccccc5c(N(c5ccccc5)c5ccc6ccccc6c5)cc3n4-c3ccccc3)n2)cc1. The van der Waals surface area contributed by atoms with Gasteiger partial charge in [0.2, 0.25) is 0 Å². The summed E-state index contributed by atoms with van der Waals surface area (Å²) in [6.45, 7) is 0. The van der Waals surface area contributed by atoms with E-state index in [-0.39, 0.29) is 0 Å². The van der Waals surface area contributed by atoms with Crippen molar-refractivity contribution in [2.75, 3.05) is 4.90 Å². The number of hydrogen-bond acceptors (Lipinski definition) is 3. The Morgan fingerprint density at radius 2 is 0.948 bits per heavy atom. The van der Waals surface area contributed by atoms with Crippen molar-refractivity contribution in [3.8, 4) is 39.6 Å². The maximum atomic E-state index is 5.22. The molecule has 0 unspecified atom stereocenters. The minimum absolute atomic E-state index is 0.690. The molecule has 0 atom stereocenters. The van der Waals surface area contributed by atoms with Crippen LogP contribution in [0.15, 0.2) is 218 Å². The molecule has 272 valence electrons. The Balaban J connectivity index is 1.20. The molecule has 0 bridgehead atoms. The molecule has 0 aliphatic carbocycles. The van der Waals surface area contributed by atoms with Crippen molar-refractivity contribution < 1.29 is 0 Å². The van der Waals surface area contributed by atoms with Gasteiger partial charge in [-0.2, -0.15) is 0 Å². The average molecular weight is 741 g/mol. The molecule has 0 aliphatic heterocycles. The lowest BCUT2D eigenvalue weighted by molar-refractivity contribution is 1.17. The molecular weight excluding hydrogens is 705 g/mol. The molecule has 0 N–H and O–H groups in total. The highest BCUT2D eigenvalue weighted by atomic mass is 15.1. The summed E-state index contributed by atoms with van der Waals surface area (Å²) < 4.78 is 2.41. The monoisotopic (exact) mass is 740 g/mol. The summed E-state index contributed by atoms with van der Waals surface area (Å²) in [7, 11) is 0. The molecule has 9 aromatic carbocycles. The van der Waals surface area contributed by atoms with E-state index in [2.05, 4.69) is 216 Å². The molecule has 0 saturated heterocycles. The van der Waals surface area contributed by atoms with E-state index in [1.165, 1.54) is 26.9 Å². The summed E-state index contributed by atoms with van der Waals surface area (Å²) in [5.41, 5.74) is 11.5. The van der Waals surface area contributed by atoms with Gasteiger partial charge >= 0.3 is 0 Å². The lowest BCUT2D eigenvalue weighted by Crippen LogP contribution is -2.10. The summed E-state index contributed by atoms with van der Waals surface area (Å²) in [6.07, 6.45) is 0. The second kappa shape index (κ2) is 14.0. The first-order valence-electron chi connectivity index (χ1n) is 19.7. The molecular formula is C54H36N4. The lowest BCUT2D eigenvalue weighted by Gasteiger charge is -2.27. The van der Waals surface area contributed by atoms with Crippen LogP contribution in [0.2, 0.25) is 0 Å². The molecule has 11 aromatic rings. The van der Waals surface area contributed by atoms with Gasteiger partial charge in [-0.1, -0.05) is 152 Å². The number of rotatable bonds is 7. The lowest BCUT2D eigenvalue weighted by atomic mass is 9.99. The fourth-order valence-electron chi connectivity index (χ4n) is 8.45. The van der Waals surface area contributed by atoms with Crippen molar-refractivity contribution >= 4 is 60.4 Å². The van der Waals surface area contributed by atoms with Crippen LogP contribution in [0.5, 0.6) is 0 Å². The summed E-state index contributed by atoms with van der Waals surface area (Å²) in [5.74, 6) is 0.690. The molecule has 58 heavy (non-hydrogen) atoms. The predicted octanol–water partition coefficient (Wildman–Crippen LogP) is 14.4. The Morgan fingerprint density at radius 3 is 1.64 bits per heavy atom. The van der Waals surface area contributed by atoms with Gasteiger partial charge < -0.3 is 9.47 Å². The smallest absolute Gasteiger partial charge is 0.160 e. The van der Waals surface area contributed by atoms with Crippen LogP contribution in [0.25, 0.3) is 82.9 Å². The molecule has 11 rings (SSSR count). The average Bonchev–Trinajstić information content (AvgIpc) is 3.64. The molecule has 0 saturated carbocycles. The Bertz CT molecular complexity index is 3210. The topological polar surface area (TPSA) is 34.0 Å². The van der Waals surface area contributed by atoms with Crippen LogP contribution in [0.3, 0.4) is 0 Å². The fraction of sp³-hybridized carbons (Fsp3) is 0. The molecule has 0 spiro atoms. The standard InChI is InChI=1S/C54H36N4/c1-5-18-38(19-6-1)48-35-49(39-20-7-2-8-21-39)56-54(55-48)41-30-32-50-47(34-41)53-46-28-16-15-27-45(46)51(36-52(53)58(50)43-25-11-4-12-26-43)57(42-23-9-3-10-24-42)44-31-29-37-17-13-14-22-40(37)33-44/h1-36H. The first kappa shape index (κ1) is 33.5. The van der Waals surface area contributed by atoms with Gasteiger partial charge in [-0.3, -0.25) is 0 Å². The van der Waals surface area contributed by atoms with Crippen molar-refractivity contribution in [1.29, 1.82) is 0 Å². The first-order chi connectivity index (χ1) is 28.8. The van der Waals surface area contributed by atoms with Crippen molar-refractivity contribution in [2.45, 2.75) is 0 Å². The number of benzene rings is 9. The minimum Gasteiger partial charge on any atom is -0.310 e. The van der Waals surface area contributed by atoms with Gasteiger partial charge in [0.05, 0.1) is 28.1 Å². The van der Waals surface area contributed by atoms with Crippen molar-refractivity contribution in [2.24, 2.45) is 0 Å². The maximum absolute atomic E-state index is 5.22. The van der Waals surface area contributed by atoms with E-state index in [0.29, 0.717) is 5.82 Å². The molecule has 4 nitrogen and oxygen atoms in total. The number of anilines is 3. The number of para-hydroxylation sites is 2. The minimum atomic E-state index is 0.690. The number of aromatic nitrogens is 3. The summed E-state index contributed by atoms with van der Waals surface area (Å²) >= 11 is 0. The molecule has 2 heterocycles. The largest absolute Gasteiger partial charge is 0.310 e. The highest BCUT2D eigenvalue weighted by molar-refractivity contribution is 6.25. The van der Waals surface area contributed by atoms with Crippen LogP contribution in [-0.4, -0.2) is 14.5 Å². The second-order valence-corrected chi connectivity index (χ2v) is 14.6. The fourth-order valence-corrected chi connectivity index (χ4v) is 8.45. The van der Waals surface area contributed by atoms with E-state index in [4.69, 9.17) is 9.97 Å². The van der Waals surface area contributed by atoms with Crippen LogP contribution in [0.4, 0.5) is 17.1 Å². The van der Waals surface area contributed by atoms with E-state index in [1.54, 1.807) is 0 Å². The third-order valence-corrected chi connectivity index (χ3v) is 11.1. The zero-order valence-electron chi connectivity index (χ0n) is 31.6. The van der Waals surface area contributed by atoms with E-state index in [0.717, 1.165) is 67.2 Å². The molecule has 4 heteroatoms. The number of nitrogens with zero attached hydrogens (tertiary/aromatic N) is 4. The second-order valence-electron chi connectivity index (χ2n) is 14.6. The molecule has 0 amide bonds. The van der Waals surface area contributed by atoms with Gasteiger partial charge in [0.25, 0.3) is 0 Å². The van der Waals surface area contributed by atoms with Crippen molar-refractivity contribution in [3.63, 3.8) is 0 Å². The van der Waals surface area contributed by atoms with Crippen molar-refractivity contribution in [1.82, 2.24) is 14.5 Å². The third kappa shape index (κ3) is 5.78. The van der Waals surface area contributed by atoms with E-state index >= 15 is 0 Å². The molecule has 0 aliphatic rings. The van der Waals surface area contributed by atoms with Crippen LogP contribution >= 0.6 is 0 Å². The first-order valence-corrected chi connectivity index (χ1v) is 19.7. The maximum Gasteiger partial charge on any atom is 0.160 e. The number of hydrogen-bond donors (Lipinski definition) is 0. The van der Waals surface area contributed by atoms with Gasteiger partial charge in [-0.05, 0) is 82.9 Å². The van der Waals surface area contributed by atoms with Gasteiger partial charge in [0.15, 0.2) is 5.82 Å². The molecule has 2 aromatic heterocycles. The zero-order valence-corrected chi connectivity index (χ0v) is 31.6. The molecule has 0 fully saturated rings. The van der Waals surface area contributed by atoms with Crippen LogP contribution in [0.1, 0.15) is 0 Å². The summed E-state index contributed by atoms with van der Waals surface area (Å²) in [4.78, 5) is 12.8. The molecule has 0 radical (unpaired) electrons. The normalized spacial score (nSPS) is 11.4. The van der Waals surface area contributed by atoms with E-state index in [1.807, 2.05) is 12.1 Å². The van der Waals surface area contributed by atoms with Gasteiger partial charge in [-0.25, -0.2) is 9.97 Å². The number of fused-ring (bicyclic) bond motifs is 6. The zero-order chi connectivity index (χ0) is 38.4. The van der Waals surface area contributed by atoms with Crippen LogP contribution < -0.4 is 4.90 Å². The van der Waals surface area contributed by atoms with Gasteiger partial charge in [0.1, 0.15) is 0 Å². The third-order valence-electron chi connectivity index (χ3n) is 11.1. The van der Waals surface area contributed by atoms with Gasteiger partial charge in [-0.15, -0.1) is 0 Å². The Hall–Kier alpha value is -7.82. The quantitative estimate of drug-likeness (QED) is 0.163. The van der Waals surface area contributed by atoms with E-state index < -0.39 is 0 Å². The Kier molecular flexibility index (Phi) is 8.11. The summed E-state index contributed by atoms with van der Waals surface area (Å²) in [6, 6.07) is 77.5. The highest BCUT2D eigenvalue weighted by Gasteiger charge is 2.23. The van der Waals surface area contributed by atoms with Crippen LogP contribution in [-0.2, 0) is 0 Å². The Labute approximate surface area is 336 Å². The van der Waals surface area contributed by atoms with Crippen molar-refractivity contribution in [3.05, 3.63) is 218 Å².